The first-order valence-corrected chi connectivity index (χ1v) is 11.6. The van der Waals surface area contributed by atoms with E-state index in [1.54, 1.807) is 0 Å². The van der Waals surface area contributed by atoms with Gasteiger partial charge in [0.05, 0.1) is 11.5 Å². The average Bonchev–Trinajstić information content (AvgIpc) is 3.48. The van der Waals surface area contributed by atoms with Crippen molar-refractivity contribution in [1.82, 2.24) is 5.32 Å². The van der Waals surface area contributed by atoms with Gasteiger partial charge < -0.3 is 21.3 Å². The molecule has 3 fully saturated rings. The van der Waals surface area contributed by atoms with Crippen molar-refractivity contribution in [3.05, 3.63) is 35.9 Å². The van der Waals surface area contributed by atoms with E-state index in [2.05, 4.69) is 5.32 Å². The molecule has 6 atom stereocenters. The molecule has 1 aromatic rings. The summed E-state index contributed by atoms with van der Waals surface area (Å²) in [6.07, 6.45) is 4.22. The largest absolute Gasteiger partial charge is 0.480 e. The third-order valence-corrected chi connectivity index (χ3v) is 7.93. The van der Waals surface area contributed by atoms with E-state index in [1.807, 2.05) is 30.3 Å². The fourth-order valence-corrected chi connectivity index (χ4v) is 6.51. The monoisotopic (exact) mass is 443 g/mol. The minimum atomic E-state index is -1.34. The number of hydrogen-bond acceptors (Lipinski definition) is 7. The summed E-state index contributed by atoms with van der Waals surface area (Å²) in [6, 6.07) is 7.74. The van der Waals surface area contributed by atoms with E-state index in [-0.39, 0.29) is 24.2 Å². The van der Waals surface area contributed by atoms with Gasteiger partial charge in [0.15, 0.2) is 5.78 Å². The van der Waals surface area contributed by atoms with Crippen LogP contribution in [0.1, 0.15) is 50.5 Å². The molecular formula is C24H33N3O5. The normalized spacial score (nSPS) is 33.6. The number of nitrogens with one attached hydrogen (secondary N) is 1. The number of esters is 1. The molecule has 4 rings (SSSR count). The smallest absolute Gasteiger partial charge is 0.328 e. The van der Waals surface area contributed by atoms with Crippen LogP contribution in [0.15, 0.2) is 30.3 Å². The van der Waals surface area contributed by atoms with Crippen LogP contribution in [-0.4, -0.2) is 47.0 Å². The topological polar surface area (TPSA) is 145 Å². The lowest BCUT2D eigenvalue weighted by Gasteiger charge is -2.45. The van der Waals surface area contributed by atoms with Crippen LogP contribution in [0.4, 0.5) is 0 Å². The molecule has 0 amide bonds. The van der Waals surface area contributed by atoms with Crippen molar-refractivity contribution in [3.8, 4) is 0 Å². The van der Waals surface area contributed by atoms with Crippen LogP contribution in [0.2, 0.25) is 0 Å². The van der Waals surface area contributed by atoms with E-state index >= 15 is 0 Å². The summed E-state index contributed by atoms with van der Waals surface area (Å²) < 4.78 is 5.75. The molecule has 0 radical (unpaired) electrons. The summed E-state index contributed by atoms with van der Waals surface area (Å²) in [4.78, 5) is 39.3. The summed E-state index contributed by atoms with van der Waals surface area (Å²) >= 11 is 0. The van der Waals surface area contributed by atoms with Gasteiger partial charge in [0, 0.05) is 0 Å². The van der Waals surface area contributed by atoms with Crippen LogP contribution >= 0.6 is 0 Å². The number of unbranched alkanes of at least 4 members (excludes halogenated alkanes) is 1. The number of hydrogen-bond donors (Lipinski definition) is 4. The minimum absolute atomic E-state index is 0.0745. The second-order valence-electron chi connectivity index (χ2n) is 9.59. The number of ketones is 1. The van der Waals surface area contributed by atoms with E-state index in [0.717, 1.165) is 24.8 Å². The third-order valence-electron chi connectivity index (χ3n) is 7.93. The van der Waals surface area contributed by atoms with E-state index < -0.39 is 35.0 Å². The fourth-order valence-electron chi connectivity index (χ4n) is 6.51. The van der Waals surface area contributed by atoms with Crippen molar-refractivity contribution in [3.63, 3.8) is 0 Å². The number of carbonyl (C=O) groups is 3. The minimum Gasteiger partial charge on any atom is -0.480 e. The predicted molar refractivity (Wildman–Crippen MR) is 117 cm³/mol. The molecule has 1 saturated heterocycles. The molecular weight excluding hydrogens is 410 g/mol. The van der Waals surface area contributed by atoms with Crippen LogP contribution in [0.25, 0.3) is 0 Å². The van der Waals surface area contributed by atoms with Gasteiger partial charge in [-0.2, -0.15) is 0 Å². The summed E-state index contributed by atoms with van der Waals surface area (Å²) in [5.74, 6) is -1.82. The highest BCUT2D eigenvalue weighted by Crippen LogP contribution is 2.67. The molecule has 8 heteroatoms. The van der Waals surface area contributed by atoms with Gasteiger partial charge in [-0.1, -0.05) is 36.8 Å². The van der Waals surface area contributed by atoms with Crippen LogP contribution in [0.3, 0.4) is 0 Å². The van der Waals surface area contributed by atoms with Crippen molar-refractivity contribution in [2.45, 2.75) is 69.2 Å². The number of nitrogens with two attached hydrogens (primary N) is 2. The number of ether oxygens (including phenoxy) is 1. The summed E-state index contributed by atoms with van der Waals surface area (Å²) in [5, 5.41) is 12.8. The zero-order valence-corrected chi connectivity index (χ0v) is 18.3. The molecule has 2 bridgehead atoms. The zero-order valence-electron chi connectivity index (χ0n) is 18.3. The lowest BCUT2D eigenvalue weighted by Crippen LogP contribution is -2.67. The number of carbonyl (C=O) groups excluding carboxylic acids is 2. The molecule has 2 saturated carbocycles. The Balaban J connectivity index is 1.64. The van der Waals surface area contributed by atoms with Gasteiger partial charge in [-0.05, 0) is 62.5 Å². The SMILES string of the molecule is NCCCCC(N)C(=O)[C@]12CC[C@@H](C1)[C@@H]1C[C@@H](C(=O)O)N[C@]12C(=O)OCc1ccccc1. The van der Waals surface area contributed by atoms with Gasteiger partial charge in [0.25, 0.3) is 0 Å². The predicted octanol–water partition coefficient (Wildman–Crippen LogP) is 1.36. The zero-order chi connectivity index (χ0) is 22.9. The highest BCUT2D eigenvalue weighted by atomic mass is 16.5. The maximum atomic E-state index is 13.8. The molecule has 0 spiro atoms. The Morgan fingerprint density at radius 1 is 1.22 bits per heavy atom. The highest BCUT2D eigenvalue weighted by Gasteiger charge is 2.77. The Labute approximate surface area is 188 Å². The van der Waals surface area contributed by atoms with Gasteiger partial charge in [-0.3, -0.25) is 14.9 Å². The van der Waals surface area contributed by atoms with Crippen molar-refractivity contribution >= 4 is 17.7 Å². The number of carboxylic acid groups (broad SMARTS) is 1. The number of rotatable bonds is 10. The number of fused-ring (bicyclic) bond motifs is 5. The fraction of sp³-hybridized carbons (Fsp3) is 0.625. The van der Waals surface area contributed by atoms with E-state index in [0.29, 0.717) is 32.2 Å². The first-order valence-electron chi connectivity index (χ1n) is 11.6. The summed E-state index contributed by atoms with van der Waals surface area (Å²) in [7, 11) is 0. The van der Waals surface area contributed by atoms with Gasteiger partial charge in [-0.25, -0.2) is 4.79 Å². The quantitative estimate of drug-likeness (QED) is 0.313. The van der Waals surface area contributed by atoms with Crippen LogP contribution in [0.5, 0.6) is 0 Å². The van der Waals surface area contributed by atoms with Crippen LogP contribution in [-0.2, 0) is 25.7 Å². The Bertz CT molecular complexity index is 878. The molecule has 1 heterocycles. The number of carboxylic acids is 1. The number of benzene rings is 1. The molecule has 1 aliphatic heterocycles. The van der Waals surface area contributed by atoms with E-state index in [9.17, 15) is 19.5 Å². The second kappa shape index (κ2) is 8.92. The number of aliphatic carboxylic acids is 1. The maximum Gasteiger partial charge on any atom is 0.328 e. The lowest BCUT2D eigenvalue weighted by atomic mass is 9.61. The molecule has 6 N–H and O–H groups in total. The first-order chi connectivity index (χ1) is 15.4. The Morgan fingerprint density at radius 3 is 2.66 bits per heavy atom. The molecule has 32 heavy (non-hydrogen) atoms. The van der Waals surface area contributed by atoms with Gasteiger partial charge >= 0.3 is 11.9 Å². The van der Waals surface area contributed by atoms with Crippen molar-refractivity contribution in [1.29, 1.82) is 0 Å². The second-order valence-corrected chi connectivity index (χ2v) is 9.59. The van der Waals surface area contributed by atoms with Crippen molar-refractivity contribution < 1.29 is 24.2 Å². The molecule has 3 aliphatic rings. The summed E-state index contributed by atoms with van der Waals surface area (Å²) in [6.45, 7) is 0.610. The highest BCUT2D eigenvalue weighted by molar-refractivity contribution is 6.00. The standard InChI is InChI=1S/C24H33N3O5/c25-11-5-4-8-18(26)20(28)23-10-9-16(13-23)17-12-19(21(29)30)27-24(17,23)22(31)32-14-15-6-2-1-3-7-15/h1-3,6-7,16-19,27H,4-5,8-14,25-26H2,(H,29,30)/t16-,17-,18?,19-,23-,24-/m0/s1. The van der Waals surface area contributed by atoms with Crippen molar-refractivity contribution in [2.24, 2.45) is 28.7 Å². The van der Waals surface area contributed by atoms with Crippen LogP contribution in [0, 0.1) is 17.3 Å². The van der Waals surface area contributed by atoms with E-state index in [4.69, 9.17) is 16.2 Å². The van der Waals surface area contributed by atoms with Gasteiger partial charge in [0.2, 0.25) is 0 Å². The van der Waals surface area contributed by atoms with Gasteiger partial charge in [-0.15, -0.1) is 0 Å². The first kappa shape index (κ1) is 22.9. The third kappa shape index (κ3) is 3.54. The average molecular weight is 444 g/mol. The van der Waals surface area contributed by atoms with Crippen molar-refractivity contribution in [2.75, 3.05) is 6.54 Å². The van der Waals surface area contributed by atoms with Crippen LogP contribution < -0.4 is 16.8 Å². The number of Topliss-reactive ketones (excluding diaryl/α,β-unsaturated/α-hetero) is 1. The van der Waals surface area contributed by atoms with Gasteiger partial charge in [0.1, 0.15) is 18.2 Å². The maximum absolute atomic E-state index is 13.8. The Hall–Kier alpha value is -2.29. The molecule has 174 valence electrons. The summed E-state index contributed by atoms with van der Waals surface area (Å²) in [5.41, 5.74) is 10.4. The molecule has 0 aromatic heterocycles. The molecule has 2 aliphatic carbocycles. The molecule has 8 nitrogen and oxygen atoms in total. The Kier molecular flexibility index (Phi) is 6.38. The molecule has 1 unspecified atom stereocenters. The molecule has 1 aromatic carbocycles. The lowest BCUT2D eigenvalue weighted by molar-refractivity contribution is -0.165. The van der Waals surface area contributed by atoms with E-state index in [1.165, 1.54) is 0 Å². The Morgan fingerprint density at radius 2 is 1.97 bits per heavy atom.